The summed E-state index contributed by atoms with van der Waals surface area (Å²) in [6.07, 6.45) is 1.07. The predicted molar refractivity (Wildman–Crippen MR) is 96.5 cm³/mol. The molecule has 0 atom stereocenters. The first kappa shape index (κ1) is 21.6. The first-order chi connectivity index (χ1) is 13.1. The average Bonchev–Trinajstić information content (AvgIpc) is 2.69. The SMILES string of the molecule is O=Cc1cc(=O)c(OC(c2ccccc2)c2ccccc2)cn1CC(=O)[O-].[Na+]. The summed E-state index contributed by atoms with van der Waals surface area (Å²) in [4.78, 5) is 34.4. The van der Waals surface area contributed by atoms with E-state index in [1.54, 1.807) is 0 Å². The molecule has 0 N–H and O–H groups in total. The maximum atomic E-state index is 12.4. The van der Waals surface area contributed by atoms with Gasteiger partial charge in [-0.1, -0.05) is 60.7 Å². The Morgan fingerprint density at radius 3 is 2.04 bits per heavy atom. The van der Waals surface area contributed by atoms with E-state index >= 15 is 0 Å². The van der Waals surface area contributed by atoms with Crippen molar-refractivity contribution < 1.29 is 49.0 Å². The minimum absolute atomic E-state index is 0. The van der Waals surface area contributed by atoms with Crippen LogP contribution in [0, 0.1) is 0 Å². The molecule has 28 heavy (non-hydrogen) atoms. The maximum absolute atomic E-state index is 12.4. The fourth-order valence-corrected chi connectivity index (χ4v) is 2.75. The molecule has 0 amide bonds. The van der Waals surface area contributed by atoms with Crippen molar-refractivity contribution >= 4 is 12.3 Å². The Kier molecular flexibility index (Phi) is 7.75. The molecule has 0 bridgehead atoms. The van der Waals surface area contributed by atoms with Crippen LogP contribution in [0.3, 0.4) is 0 Å². The molecule has 6 nitrogen and oxygen atoms in total. The number of carbonyl (C=O) groups excluding carboxylic acids is 2. The molecule has 136 valence electrons. The topological polar surface area (TPSA) is 88.4 Å². The van der Waals surface area contributed by atoms with Crippen molar-refractivity contribution in [2.75, 3.05) is 0 Å². The fraction of sp³-hybridized carbons (Fsp3) is 0.0952. The summed E-state index contributed by atoms with van der Waals surface area (Å²) < 4.78 is 7.09. The van der Waals surface area contributed by atoms with Crippen LogP contribution in [0.2, 0.25) is 0 Å². The van der Waals surface area contributed by atoms with Gasteiger partial charge in [0, 0.05) is 6.07 Å². The number of hydrogen-bond donors (Lipinski definition) is 0. The first-order valence-electron chi connectivity index (χ1n) is 8.24. The number of carboxylic acid groups (broad SMARTS) is 1. The van der Waals surface area contributed by atoms with Crippen LogP contribution in [-0.2, 0) is 11.3 Å². The molecule has 0 aliphatic carbocycles. The number of nitrogens with zero attached hydrogens (tertiary/aromatic N) is 1. The van der Waals surface area contributed by atoms with Crippen LogP contribution >= 0.6 is 0 Å². The molecule has 0 unspecified atom stereocenters. The second-order valence-corrected chi connectivity index (χ2v) is 5.86. The number of ether oxygens (including phenoxy) is 1. The Hall–Kier alpha value is -2.67. The molecule has 3 rings (SSSR count). The van der Waals surface area contributed by atoms with Crippen LogP contribution in [0.5, 0.6) is 5.75 Å². The summed E-state index contributed by atoms with van der Waals surface area (Å²) in [6.45, 7) is -0.563. The minimum atomic E-state index is -1.38. The Bertz CT molecular complexity index is 963. The average molecular weight is 385 g/mol. The molecule has 0 saturated carbocycles. The van der Waals surface area contributed by atoms with E-state index in [4.69, 9.17) is 4.74 Å². The first-order valence-corrected chi connectivity index (χ1v) is 8.24. The van der Waals surface area contributed by atoms with Gasteiger partial charge in [-0.15, -0.1) is 0 Å². The number of hydrogen-bond acceptors (Lipinski definition) is 5. The molecule has 0 spiro atoms. The molecule has 0 aliphatic heterocycles. The second kappa shape index (κ2) is 10.0. The molecular weight excluding hydrogens is 369 g/mol. The van der Waals surface area contributed by atoms with E-state index in [1.165, 1.54) is 6.20 Å². The van der Waals surface area contributed by atoms with Crippen molar-refractivity contribution in [3.63, 3.8) is 0 Å². The van der Waals surface area contributed by atoms with E-state index in [0.29, 0.717) is 6.29 Å². The molecule has 0 saturated heterocycles. The third kappa shape index (κ3) is 5.19. The number of rotatable bonds is 7. The number of pyridine rings is 1. The zero-order valence-electron chi connectivity index (χ0n) is 15.3. The Labute approximate surface area is 183 Å². The monoisotopic (exact) mass is 385 g/mol. The summed E-state index contributed by atoms with van der Waals surface area (Å²) in [5.41, 5.74) is 1.08. The van der Waals surface area contributed by atoms with E-state index in [-0.39, 0.29) is 41.0 Å². The van der Waals surface area contributed by atoms with Gasteiger partial charge in [-0.2, -0.15) is 0 Å². The summed E-state index contributed by atoms with van der Waals surface area (Å²) in [6, 6.07) is 19.7. The van der Waals surface area contributed by atoms with Gasteiger partial charge >= 0.3 is 29.6 Å². The molecule has 2 aromatic carbocycles. The summed E-state index contributed by atoms with van der Waals surface area (Å²) >= 11 is 0. The second-order valence-electron chi connectivity index (χ2n) is 5.86. The van der Waals surface area contributed by atoms with Crippen molar-refractivity contribution in [1.29, 1.82) is 0 Å². The molecule has 3 aromatic rings. The van der Waals surface area contributed by atoms with Crippen LogP contribution < -0.4 is 44.8 Å². The van der Waals surface area contributed by atoms with Gasteiger partial charge in [0.05, 0.1) is 24.4 Å². The van der Waals surface area contributed by atoms with Crippen molar-refractivity contribution in [2.24, 2.45) is 0 Å². The number of carbonyl (C=O) groups is 2. The van der Waals surface area contributed by atoms with Crippen molar-refractivity contribution in [3.05, 3.63) is 100.0 Å². The molecule has 0 aliphatic rings. The molecule has 7 heteroatoms. The van der Waals surface area contributed by atoms with Crippen molar-refractivity contribution in [2.45, 2.75) is 12.6 Å². The van der Waals surface area contributed by atoms with Crippen LogP contribution in [0.15, 0.2) is 77.7 Å². The Morgan fingerprint density at radius 1 is 1.04 bits per heavy atom. The third-order valence-corrected chi connectivity index (χ3v) is 4.00. The standard InChI is InChI=1S/C21H17NO5.Na/c23-14-17-11-18(24)19(12-22(17)13-20(25)26)27-21(15-7-3-1-4-8-15)16-9-5-2-6-10-16;/h1-12,14,21H,13H2,(H,25,26);/q;+1/p-1. The molecule has 1 aromatic heterocycles. The van der Waals surface area contributed by atoms with E-state index < -0.39 is 24.0 Å². The van der Waals surface area contributed by atoms with Gasteiger partial charge in [0.1, 0.15) is 6.10 Å². The smallest absolute Gasteiger partial charge is 0.548 e. The predicted octanol–water partition coefficient (Wildman–Crippen LogP) is -1.42. The Balaban J connectivity index is 0.00000280. The summed E-state index contributed by atoms with van der Waals surface area (Å²) in [5.74, 6) is -1.44. The van der Waals surface area contributed by atoms with Gasteiger partial charge in [-0.3, -0.25) is 9.59 Å². The van der Waals surface area contributed by atoms with Gasteiger partial charge in [-0.05, 0) is 11.1 Å². The Morgan fingerprint density at radius 2 is 1.57 bits per heavy atom. The fourth-order valence-electron chi connectivity index (χ4n) is 2.75. The molecule has 0 radical (unpaired) electrons. The number of aromatic nitrogens is 1. The van der Waals surface area contributed by atoms with Gasteiger partial charge < -0.3 is 19.2 Å². The van der Waals surface area contributed by atoms with E-state index in [1.807, 2.05) is 60.7 Å². The number of aldehydes is 1. The maximum Gasteiger partial charge on any atom is 1.00 e. The molecule has 1 heterocycles. The summed E-state index contributed by atoms with van der Waals surface area (Å²) in [5, 5.41) is 10.9. The van der Waals surface area contributed by atoms with Crippen LogP contribution in [0.4, 0.5) is 0 Å². The quantitative estimate of drug-likeness (QED) is 0.368. The van der Waals surface area contributed by atoms with Gasteiger partial charge in [0.25, 0.3) is 0 Å². The molecule has 0 fully saturated rings. The molecular formula is C21H16NNaO5. The van der Waals surface area contributed by atoms with E-state index in [0.717, 1.165) is 21.8 Å². The van der Waals surface area contributed by atoms with Crippen LogP contribution in [0.1, 0.15) is 27.7 Å². The van der Waals surface area contributed by atoms with Crippen LogP contribution in [-0.4, -0.2) is 16.8 Å². The van der Waals surface area contributed by atoms with Crippen LogP contribution in [0.25, 0.3) is 0 Å². The largest absolute Gasteiger partial charge is 1.00 e. The van der Waals surface area contributed by atoms with Crippen molar-refractivity contribution in [1.82, 2.24) is 4.57 Å². The number of aliphatic carboxylic acids is 1. The van der Waals surface area contributed by atoms with Crippen molar-refractivity contribution in [3.8, 4) is 5.75 Å². The van der Waals surface area contributed by atoms with Gasteiger partial charge in [-0.25, -0.2) is 0 Å². The third-order valence-electron chi connectivity index (χ3n) is 4.00. The van der Waals surface area contributed by atoms with E-state index in [9.17, 15) is 19.5 Å². The zero-order chi connectivity index (χ0) is 19.2. The zero-order valence-corrected chi connectivity index (χ0v) is 17.3. The minimum Gasteiger partial charge on any atom is -0.548 e. The van der Waals surface area contributed by atoms with Gasteiger partial charge in [0.15, 0.2) is 12.0 Å². The number of benzene rings is 2. The number of carboxylic acids is 1. The van der Waals surface area contributed by atoms with Gasteiger partial charge in [0.2, 0.25) is 5.43 Å². The normalized spacial score (nSPS) is 10.2. The van der Waals surface area contributed by atoms with E-state index in [2.05, 4.69) is 0 Å². The summed E-state index contributed by atoms with van der Waals surface area (Å²) in [7, 11) is 0.